The molecule has 4 aromatic rings. The van der Waals surface area contributed by atoms with Crippen LogP contribution in [0.5, 0.6) is 0 Å². The first-order valence-corrected chi connectivity index (χ1v) is 12.3. The van der Waals surface area contributed by atoms with Crippen LogP contribution in [0.4, 0.5) is 0 Å². The molecule has 9 heteroatoms. The van der Waals surface area contributed by atoms with Crippen molar-refractivity contribution in [1.29, 1.82) is 0 Å². The van der Waals surface area contributed by atoms with Crippen LogP contribution in [0.2, 0.25) is 0 Å². The third-order valence-electron chi connectivity index (χ3n) is 4.85. The van der Waals surface area contributed by atoms with E-state index >= 15 is 0 Å². The summed E-state index contributed by atoms with van der Waals surface area (Å²) in [5.41, 5.74) is 4.09. The quantitative estimate of drug-likeness (QED) is 0.283. The number of benzene rings is 2. The highest BCUT2D eigenvalue weighted by Crippen LogP contribution is 2.23. The molecule has 0 saturated heterocycles. The number of imidazole rings is 1. The van der Waals surface area contributed by atoms with Gasteiger partial charge < -0.3 is 9.55 Å². The Hall–Kier alpha value is -2.91. The Kier molecular flexibility index (Phi) is 7.16. The van der Waals surface area contributed by atoms with Crippen LogP contribution < -0.4 is 0 Å². The topological polar surface area (TPSA) is 93.5 Å². The van der Waals surface area contributed by atoms with Crippen molar-refractivity contribution in [3.05, 3.63) is 95.3 Å². The molecule has 2 aromatic carbocycles. The minimum absolute atomic E-state index is 0.0652. The number of hydrogen-bond donors (Lipinski definition) is 2. The second-order valence-corrected chi connectivity index (χ2v) is 9.04. The first-order valence-electron chi connectivity index (χ1n) is 9.93. The van der Waals surface area contributed by atoms with Gasteiger partial charge in [0.15, 0.2) is 5.16 Å². The van der Waals surface area contributed by atoms with Gasteiger partial charge in [0, 0.05) is 31.3 Å². The largest absolute Gasteiger partial charge is 0.351 e. The molecule has 0 radical (unpaired) electrons. The first kappa shape index (κ1) is 21.3. The summed E-state index contributed by atoms with van der Waals surface area (Å²) in [4.78, 5) is 7.31. The summed E-state index contributed by atoms with van der Waals surface area (Å²) in [6.45, 7) is 0.735. The second kappa shape index (κ2) is 10.4. The van der Waals surface area contributed by atoms with E-state index in [0.717, 1.165) is 46.5 Å². The fraction of sp³-hybridized carbons (Fsp3) is 0.227. The van der Waals surface area contributed by atoms with Crippen LogP contribution in [0, 0.1) is 0 Å². The van der Waals surface area contributed by atoms with E-state index in [9.17, 15) is 8.42 Å². The van der Waals surface area contributed by atoms with Crippen LogP contribution in [-0.2, 0) is 41.6 Å². The monoisotopic (exact) mass is 453 g/mol. The first-order chi connectivity index (χ1) is 15.2. The number of hydrogen-bond acceptors (Lipinski definition) is 6. The zero-order valence-corrected chi connectivity index (χ0v) is 18.6. The molecule has 0 aliphatic carbocycles. The van der Waals surface area contributed by atoms with Crippen LogP contribution in [0.25, 0.3) is 0 Å². The highest BCUT2D eigenvalue weighted by atomic mass is 32.2. The normalized spacial score (nSPS) is 11.3. The lowest BCUT2D eigenvalue weighted by molar-refractivity contribution is 0.604. The summed E-state index contributed by atoms with van der Waals surface area (Å²) in [5, 5.41) is 9.80. The van der Waals surface area contributed by atoms with E-state index in [1.807, 2.05) is 48.7 Å². The van der Waals surface area contributed by atoms with Gasteiger partial charge in [-0.15, -0.1) is 10.2 Å². The van der Waals surface area contributed by atoms with Gasteiger partial charge in [0.05, 0.1) is 17.8 Å². The summed E-state index contributed by atoms with van der Waals surface area (Å²) < 4.78 is 24.0. The zero-order chi connectivity index (χ0) is 21.5. The number of nitrogens with one attached hydrogen (secondary N) is 1. The molecule has 0 saturated carbocycles. The number of aromatic nitrogens is 5. The van der Waals surface area contributed by atoms with Crippen molar-refractivity contribution < 1.29 is 8.42 Å². The van der Waals surface area contributed by atoms with E-state index in [0.29, 0.717) is 6.42 Å². The molecule has 0 amide bonds. The lowest BCUT2D eigenvalue weighted by atomic mass is 10.1. The Balaban J connectivity index is 1.51. The van der Waals surface area contributed by atoms with Gasteiger partial charge in [-0.2, -0.15) is 0 Å². The third kappa shape index (κ3) is 6.05. The molecular weight excluding hydrogens is 430 g/mol. The minimum Gasteiger partial charge on any atom is -0.351 e. The Morgan fingerprint density at radius 2 is 1.71 bits per heavy atom. The molecule has 4 rings (SSSR count). The number of H-pyrrole nitrogens is 1. The second-order valence-electron chi connectivity index (χ2n) is 7.12. The summed E-state index contributed by atoms with van der Waals surface area (Å²) in [5.74, 6) is 1.77. The van der Waals surface area contributed by atoms with Gasteiger partial charge in [-0.25, -0.2) is 13.4 Å². The summed E-state index contributed by atoms with van der Waals surface area (Å²) in [7, 11) is -2.42. The van der Waals surface area contributed by atoms with Gasteiger partial charge in [-0.05, 0) is 16.7 Å². The van der Waals surface area contributed by atoms with Crippen LogP contribution in [0.15, 0.2) is 72.3 Å². The molecule has 0 fully saturated rings. The predicted octanol–water partition coefficient (Wildman–Crippen LogP) is 3.24. The average molecular weight is 454 g/mol. The number of thioether (sulfide) groups is 1. The molecule has 0 aliphatic rings. The predicted molar refractivity (Wildman–Crippen MR) is 122 cm³/mol. The maximum Gasteiger partial charge on any atom is 0.191 e. The summed E-state index contributed by atoms with van der Waals surface area (Å²) in [6.07, 6.45) is 5.00. The Labute approximate surface area is 186 Å². The van der Waals surface area contributed by atoms with Crippen molar-refractivity contribution in [3.8, 4) is 0 Å². The van der Waals surface area contributed by atoms with E-state index in [2.05, 4.69) is 36.9 Å². The van der Waals surface area contributed by atoms with Crippen LogP contribution in [0.1, 0.15) is 28.2 Å². The van der Waals surface area contributed by atoms with Crippen LogP contribution in [-0.4, -0.2) is 33.2 Å². The average Bonchev–Trinajstić information content (AvgIpc) is 3.42. The van der Waals surface area contributed by atoms with Crippen molar-refractivity contribution in [2.75, 3.05) is 0 Å². The molecular formula is C22H23N5O2S2. The van der Waals surface area contributed by atoms with Gasteiger partial charge in [0.1, 0.15) is 16.5 Å². The molecule has 160 valence electrons. The Morgan fingerprint density at radius 3 is 2.42 bits per heavy atom. The van der Waals surface area contributed by atoms with Gasteiger partial charge in [-0.1, -0.05) is 66.4 Å². The molecule has 2 aromatic heterocycles. The van der Waals surface area contributed by atoms with E-state index in [1.165, 1.54) is 5.56 Å². The van der Waals surface area contributed by atoms with Crippen LogP contribution >= 0.6 is 11.8 Å². The molecule has 0 bridgehead atoms. The maximum atomic E-state index is 10.9. The van der Waals surface area contributed by atoms with Gasteiger partial charge in [0.25, 0.3) is 0 Å². The maximum absolute atomic E-state index is 10.9. The highest BCUT2D eigenvalue weighted by molar-refractivity contribution is 7.98. The fourth-order valence-electron chi connectivity index (χ4n) is 3.25. The smallest absolute Gasteiger partial charge is 0.191 e. The van der Waals surface area contributed by atoms with Gasteiger partial charge >= 0.3 is 0 Å². The molecule has 0 spiro atoms. The van der Waals surface area contributed by atoms with Crippen molar-refractivity contribution in [2.24, 2.45) is 0 Å². The molecule has 1 N–H and O–H groups in total. The fourth-order valence-corrected chi connectivity index (χ4v) is 4.70. The van der Waals surface area contributed by atoms with Crippen molar-refractivity contribution in [3.63, 3.8) is 0 Å². The third-order valence-corrected chi connectivity index (χ3v) is 6.51. The Morgan fingerprint density at radius 1 is 0.935 bits per heavy atom. The van der Waals surface area contributed by atoms with Gasteiger partial charge in [-0.3, -0.25) is 0 Å². The highest BCUT2D eigenvalue weighted by Gasteiger charge is 2.14. The van der Waals surface area contributed by atoms with E-state index in [4.69, 9.17) is 0 Å². The molecule has 0 unspecified atom stereocenters. The van der Waals surface area contributed by atoms with E-state index < -0.39 is 10.7 Å². The number of rotatable bonds is 10. The lowest BCUT2D eigenvalue weighted by Gasteiger charge is -2.10. The minimum atomic E-state index is -2.42. The SMILES string of the molecule is O=[SH](=O)Cc1ccc(Cc2nnc(SCc3ccccc3)n2CCc2c[nH]cn2)cc1. The van der Waals surface area contributed by atoms with E-state index in [1.54, 1.807) is 18.1 Å². The van der Waals surface area contributed by atoms with Gasteiger partial charge in [0.2, 0.25) is 0 Å². The molecule has 0 aliphatic heterocycles. The Bertz CT molecular complexity index is 1160. The number of aryl methyl sites for hydroxylation is 1. The molecule has 31 heavy (non-hydrogen) atoms. The summed E-state index contributed by atoms with van der Waals surface area (Å²) >= 11 is 1.67. The van der Waals surface area contributed by atoms with Crippen LogP contribution in [0.3, 0.4) is 0 Å². The lowest BCUT2D eigenvalue weighted by Crippen LogP contribution is -2.09. The zero-order valence-electron chi connectivity index (χ0n) is 16.8. The molecule has 0 atom stereocenters. The number of nitrogens with zero attached hydrogens (tertiary/aromatic N) is 4. The van der Waals surface area contributed by atoms with Crippen molar-refractivity contribution in [2.45, 2.75) is 36.0 Å². The molecule has 7 nitrogen and oxygen atoms in total. The summed E-state index contributed by atoms with van der Waals surface area (Å²) in [6, 6.07) is 17.9. The number of aromatic amines is 1. The van der Waals surface area contributed by atoms with Crippen molar-refractivity contribution in [1.82, 2.24) is 24.7 Å². The molecule has 2 heterocycles. The standard InChI is InChI=1S/C22H23N5O2S2/c28-31(29)15-19-8-6-17(7-9-19)12-21-25-26-22(30-14-18-4-2-1-3-5-18)27(21)11-10-20-13-23-16-24-20/h1-9,13,16,31H,10-12,14-15H2,(H,23,24). The van der Waals surface area contributed by atoms with Crippen molar-refractivity contribution >= 4 is 22.5 Å². The number of thiol groups is 1. The van der Waals surface area contributed by atoms with E-state index in [-0.39, 0.29) is 5.75 Å².